The van der Waals surface area contributed by atoms with Crippen molar-refractivity contribution in [3.05, 3.63) is 77.9 Å². The summed E-state index contributed by atoms with van der Waals surface area (Å²) in [5.74, 6) is 3.28. The molecule has 2 saturated carbocycles. The maximum atomic E-state index is 12.2. The number of ether oxygens (including phenoxy) is 2. The van der Waals surface area contributed by atoms with Gasteiger partial charge in [-0.2, -0.15) is 0 Å². The van der Waals surface area contributed by atoms with Crippen LogP contribution in [0.1, 0.15) is 82.3 Å². The van der Waals surface area contributed by atoms with Gasteiger partial charge in [-0.25, -0.2) is 4.79 Å². The highest BCUT2D eigenvalue weighted by atomic mass is 16.5. The van der Waals surface area contributed by atoms with Gasteiger partial charge in [0.25, 0.3) is 0 Å². The molecule has 0 heterocycles. The standard InChI is InChI=1S/C34H44O4/c1-24(2)34(36)38-23-31-22-30(16-19-33(31)29-14-17-32(18-15-29)37-21-20-35)28-12-10-27(11-13-28)9-8-26-6-4-25(3)5-7-26/h8-9,14-19,22,25-28,35H,1,4-7,10-13,20-21,23H2,2-3H3/b9-8+. The molecule has 0 spiro atoms. The quantitative estimate of drug-likeness (QED) is 0.197. The lowest BCUT2D eigenvalue weighted by Gasteiger charge is -2.29. The lowest BCUT2D eigenvalue weighted by Crippen LogP contribution is -2.14. The summed E-state index contributed by atoms with van der Waals surface area (Å²) in [5.41, 5.74) is 4.84. The van der Waals surface area contributed by atoms with Crippen LogP contribution >= 0.6 is 0 Å². The minimum Gasteiger partial charge on any atom is -0.491 e. The highest BCUT2D eigenvalue weighted by Crippen LogP contribution is 2.39. The molecule has 0 unspecified atom stereocenters. The number of hydrogen-bond acceptors (Lipinski definition) is 4. The van der Waals surface area contributed by atoms with Crippen LogP contribution in [-0.4, -0.2) is 24.3 Å². The summed E-state index contributed by atoms with van der Waals surface area (Å²) in [4.78, 5) is 12.2. The molecule has 4 heteroatoms. The van der Waals surface area contributed by atoms with Crippen LogP contribution in [0.5, 0.6) is 5.75 Å². The number of esters is 1. The molecule has 2 aromatic rings. The summed E-state index contributed by atoms with van der Waals surface area (Å²) in [6.07, 6.45) is 15.4. The van der Waals surface area contributed by atoms with E-state index in [9.17, 15) is 4.79 Å². The summed E-state index contributed by atoms with van der Waals surface area (Å²) < 4.78 is 11.1. The van der Waals surface area contributed by atoms with E-state index in [4.69, 9.17) is 14.6 Å². The predicted molar refractivity (Wildman–Crippen MR) is 154 cm³/mol. The van der Waals surface area contributed by atoms with Crippen molar-refractivity contribution in [1.82, 2.24) is 0 Å². The van der Waals surface area contributed by atoms with E-state index in [1.165, 1.54) is 56.9 Å². The second-order valence-electron chi connectivity index (χ2n) is 11.4. The molecule has 2 aliphatic carbocycles. The van der Waals surface area contributed by atoms with Crippen LogP contribution in [0.15, 0.2) is 66.8 Å². The molecular formula is C34H44O4. The topological polar surface area (TPSA) is 55.8 Å². The molecule has 0 aromatic heterocycles. The summed E-state index contributed by atoms with van der Waals surface area (Å²) in [6.45, 7) is 8.25. The van der Waals surface area contributed by atoms with Crippen molar-refractivity contribution < 1.29 is 19.4 Å². The molecule has 2 fully saturated rings. The second kappa shape index (κ2) is 13.8. The third-order valence-electron chi connectivity index (χ3n) is 8.32. The van der Waals surface area contributed by atoms with Gasteiger partial charge < -0.3 is 14.6 Å². The number of aliphatic hydroxyl groups is 1. The number of allylic oxidation sites excluding steroid dienone is 2. The van der Waals surface area contributed by atoms with E-state index in [2.05, 4.69) is 43.9 Å². The molecule has 0 aliphatic heterocycles. The number of aliphatic hydroxyl groups excluding tert-OH is 1. The average Bonchev–Trinajstić information content (AvgIpc) is 2.95. The van der Waals surface area contributed by atoms with Crippen LogP contribution in [0.25, 0.3) is 11.1 Å². The highest BCUT2D eigenvalue weighted by Gasteiger charge is 2.23. The third-order valence-corrected chi connectivity index (χ3v) is 8.32. The molecule has 4 rings (SSSR count). The van der Waals surface area contributed by atoms with Crippen molar-refractivity contribution in [3.8, 4) is 16.9 Å². The molecule has 38 heavy (non-hydrogen) atoms. The van der Waals surface area contributed by atoms with Gasteiger partial charge in [-0.3, -0.25) is 0 Å². The van der Waals surface area contributed by atoms with Gasteiger partial charge in [0.15, 0.2) is 0 Å². The lowest BCUT2D eigenvalue weighted by molar-refractivity contribution is -0.140. The first-order valence-corrected chi connectivity index (χ1v) is 14.4. The van der Waals surface area contributed by atoms with Gasteiger partial charge in [0.05, 0.1) is 6.61 Å². The van der Waals surface area contributed by atoms with Crippen molar-refractivity contribution in [2.75, 3.05) is 13.2 Å². The van der Waals surface area contributed by atoms with E-state index in [0.29, 0.717) is 17.4 Å². The van der Waals surface area contributed by atoms with Gasteiger partial charge >= 0.3 is 5.97 Å². The van der Waals surface area contributed by atoms with Gasteiger partial charge in [0.2, 0.25) is 0 Å². The number of carbonyl (C=O) groups excluding carboxylic acids is 1. The first-order chi connectivity index (χ1) is 18.4. The number of hydrogen-bond donors (Lipinski definition) is 1. The molecule has 0 atom stereocenters. The summed E-state index contributed by atoms with van der Waals surface area (Å²) in [6, 6.07) is 14.5. The summed E-state index contributed by atoms with van der Waals surface area (Å²) >= 11 is 0. The molecule has 0 saturated heterocycles. The van der Waals surface area contributed by atoms with Gasteiger partial charge in [0, 0.05) is 5.57 Å². The summed E-state index contributed by atoms with van der Waals surface area (Å²) in [7, 11) is 0. The first-order valence-electron chi connectivity index (χ1n) is 14.4. The molecule has 2 aromatic carbocycles. The minimum absolute atomic E-state index is 0.0144. The van der Waals surface area contributed by atoms with E-state index >= 15 is 0 Å². The Kier molecular flexibility index (Phi) is 10.2. The van der Waals surface area contributed by atoms with E-state index in [0.717, 1.165) is 34.3 Å². The molecular weight excluding hydrogens is 472 g/mol. The summed E-state index contributed by atoms with van der Waals surface area (Å²) in [5, 5.41) is 9.00. The Morgan fingerprint density at radius 1 is 0.947 bits per heavy atom. The number of carbonyl (C=O) groups is 1. The van der Waals surface area contributed by atoms with Crippen LogP contribution < -0.4 is 4.74 Å². The fourth-order valence-electron chi connectivity index (χ4n) is 5.87. The zero-order valence-electron chi connectivity index (χ0n) is 23.2. The van der Waals surface area contributed by atoms with Gasteiger partial charge in [0.1, 0.15) is 19.0 Å². The zero-order valence-corrected chi connectivity index (χ0v) is 23.2. The number of benzene rings is 2. The molecule has 2 aliphatic rings. The molecule has 0 bridgehead atoms. The van der Waals surface area contributed by atoms with Crippen LogP contribution in [0, 0.1) is 17.8 Å². The van der Waals surface area contributed by atoms with Crippen LogP contribution in [0.4, 0.5) is 0 Å². The van der Waals surface area contributed by atoms with E-state index in [1.807, 2.05) is 24.3 Å². The highest BCUT2D eigenvalue weighted by molar-refractivity contribution is 5.87. The Bertz CT molecular complexity index is 1080. The maximum Gasteiger partial charge on any atom is 0.333 e. The van der Waals surface area contributed by atoms with Crippen molar-refractivity contribution in [1.29, 1.82) is 0 Å². The Labute approximate surface area is 228 Å². The smallest absolute Gasteiger partial charge is 0.333 e. The number of rotatable bonds is 10. The monoisotopic (exact) mass is 516 g/mol. The SMILES string of the molecule is C=C(C)C(=O)OCc1cc(C2CCC(/C=C/C3CCC(C)CC3)CC2)ccc1-c1ccc(OCCO)cc1. The van der Waals surface area contributed by atoms with Crippen molar-refractivity contribution in [2.24, 2.45) is 17.8 Å². The van der Waals surface area contributed by atoms with Crippen LogP contribution in [-0.2, 0) is 16.1 Å². The molecule has 0 radical (unpaired) electrons. The Balaban J connectivity index is 1.44. The lowest BCUT2D eigenvalue weighted by atomic mass is 9.77. The largest absolute Gasteiger partial charge is 0.491 e. The van der Waals surface area contributed by atoms with Gasteiger partial charge in [-0.15, -0.1) is 0 Å². The molecule has 0 amide bonds. The molecule has 1 N–H and O–H groups in total. The first kappa shape index (κ1) is 28.2. The van der Waals surface area contributed by atoms with Crippen molar-refractivity contribution >= 4 is 5.97 Å². The Hall–Kier alpha value is -2.85. The second-order valence-corrected chi connectivity index (χ2v) is 11.4. The van der Waals surface area contributed by atoms with Gasteiger partial charge in [-0.05, 0) is 104 Å². The Morgan fingerprint density at radius 3 is 2.18 bits per heavy atom. The van der Waals surface area contributed by atoms with Crippen LogP contribution in [0.2, 0.25) is 0 Å². The molecule has 204 valence electrons. The van der Waals surface area contributed by atoms with Crippen LogP contribution in [0.3, 0.4) is 0 Å². The van der Waals surface area contributed by atoms with Crippen molar-refractivity contribution in [2.45, 2.75) is 77.7 Å². The Morgan fingerprint density at radius 2 is 1.58 bits per heavy atom. The predicted octanol–water partition coefficient (Wildman–Crippen LogP) is 8.00. The zero-order chi connectivity index (χ0) is 26.9. The van der Waals surface area contributed by atoms with Crippen molar-refractivity contribution in [3.63, 3.8) is 0 Å². The normalized spacial score (nSPS) is 23.8. The van der Waals surface area contributed by atoms with E-state index in [1.54, 1.807) is 6.92 Å². The van der Waals surface area contributed by atoms with E-state index in [-0.39, 0.29) is 25.8 Å². The van der Waals surface area contributed by atoms with E-state index < -0.39 is 0 Å². The average molecular weight is 517 g/mol. The molecule has 4 nitrogen and oxygen atoms in total. The maximum absolute atomic E-state index is 12.2. The third kappa shape index (κ3) is 7.83. The minimum atomic E-state index is -0.367. The fraction of sp³-hybridized carbons (Fsp3) is 0.500. The van der Waals surface area contributed by atoms with Gasteiger partial charge in [-0.1, -0.05) is 68.8 Å². The fourth-order valence-corrected chi connectivity index (χ4v) is 5.87.